The predicted molar refractivity (Wildman–Crippen MR) is 143 cm³/mol. The van der Waals surface area contributed by atoms with Crippen LogP contribution in [0.2, 0.25) is 0 Å². The second-order valence-corrected chi connectivity index (χ2v) is 9.45. The number of hydroxylamine groups is 1. The van der Waals surface area contributed by atoms with Gasteiger partial charge in [0.15, 0.2) is 17.6 Å². The normalized spacial score (nSPS) is 19.8. The zero-order valence-electron chi connectivity index (χ0n) is 21.6. The van der Waals surface area contributed by atoms with Crippen LogP contribution in [0.25, 0.3) is 0 Å². The fourth-order valence-electron chi connectivity index (χ4n) is 5.09. The van der Waals surface area contributed by atoms with Gasteiger partial charge in [0, 0.05) is 0 Å². The molecule has 0 saturated carbocycles. The van der Waals surface area contributed by atoms with Crippen LogP contribution in [0.3, 0.4) is 0 Å². The lowest BCUT2D eigenvalue weighted by atomic mass is 9.90. The Morgan fingerprint density at radius 1 is 0.780 bits per heavy atom. The maximum Gasteiger partial charge on any atom is 0.343 e. The minimum absolute atomic E-state index is 0.106. The predicted octanol–water partition coefficient (Wildman–Crippen LogP) is 5.24. The van der Waals surface area contributed by atoms with Gasteiger partial charge in [-0.15, -0.1) is 0 Å². The summed E-state index contributed by atoms with van der Waals surface area (Å²) in [4.78, 5) is 47.0. The summed E-state index contributed by atoms with van der Waals surface area (Å²) in [5, 5.41) is 1.52. The summed E-state index contributed by atoms with van der Waals surface area (Å²) < 4.78 is 37.8. The molecule has 10 heteroatoms. The lowest BCUT2D eigenvalue weighted by Crippen LogP contribution is -2.37. The maximum absolute atomic E-state index is 13.8. The van der Waals surface area contributed by atoms with E-state index in [4.69, 9.17) is 14.3 Å². The first-order valence-electron chi connectivity index (χ1n) is 12.7. The molecule has 2 aliphatic heterocycles. The SMILES string of the molecule is COc1cc([C@@H]2[C@H]3C(=O)N(c4ccc(F)cc4)C(=O)[C@@H]3ON2c2ccccc2)ccc1OC(=O)c1ccc(F)cc1. The van der Waals surface area contributed by atoms with E-state index < -0.39 is 47.5 Å². The highest BCUT2D eigenvalue weighted by molar-refractivity contribution is 6.23. The molecule has 2 aliphatic rings. The van der Waals surface area contributed by atoms with Gasteiger partial charge in [-0.25, -0.2) is 23.5 Å². The van der Waals surface area contributed by atoms with Crippen LogP contribution in [0.15, 0.2) is 97.1 Å². The third-order valence-electron chi connectivity index (χ3n) is 7.02. The number of nitrogens with zero attached hydrogens (tertiary/aromatic N) is 2. The standard InChI is InChI=1S/C31H22F2N2O6/c1-39-25-17-19(9-16-24(25)40-31(38)18-7-10-20(32)11-8-18)27-26-28(41-35(27)23-5-3-2-4-6-23)30(37)34(29(26)36)22-14-12-21(33)13-15-22/h2-17,26-28H,1H3/t26-,27-,28-/m1/s1. The van der Waals surface area contributed by atoms with Crippen LogP contribution in [0.5, 0.6) is 11.5 Å². The number of esters is 1. The molecule has 2 saturated heterocycles. The quantitative estimate of drug-likeness (QED) is 0.182. The number of anilines is 2. The number of para-hydroxylation sites is 1. The van der Waals surface area contributed by atoms with Crippen LogP contribution in [0.4, 0.5) is 20.2 Å². The van der Waals surface area contributed by atoms with E-state index in [1.54, 1.807) is 36.4 Å². The molecule has 0 aromatic heterocycles. The Bertz CT molecular complexity index is 1630. The molecule has 0 unspecified atom stereocenters. The van der Waals surface area contributed by atoms with Crippen LogP contribution in [-0.2, 0) is 14.4 Å². The van der Waals surface area contributed by atoms with Crippen LogP contribution >= 0.6 is 0 Å². The Kier molecular flexibility index (Phi) is 6.68. The van der Waals surface area contributed by atoms with Gasteiger partial charge in [-0.05, 0) is 78.4 Å². The second-order valence-electron chi connectivity index (χ2n) is 9.45. The molecule has 8 nitrogen and oxygen atoms in total. The highest BCUT2D eigenvalue weighted by Gasteiger charge is 2.60. The molecule has 2 fully saturated rings. The smallest absolute Gasteiger partial charge is 0.343 e. The van der Waals surface area contributed by atoms with Gasteiger partial charge in [-0.3, -0.25) is 14.4 Å². The Balaban J connectivity index is 1.36. The summed E-state index contributed by atoms with van der Waals surface area (Å²) in [7, 11) is 1.40. The summed E-state index contributed by atoms with van der Waals surface area (Å²) in [6, 6.07) is 23.0. The van der Waals surface area contributed by atoms with Crippen molar-refractivity contribution in [1.29, 1.82) is 0 Å². The first-order chi connectivity index (χ1) is 19.9. The number of methoxy groups -OCH3 is 1. The molecule has 0 spiro atoms. The van der Waals surface area contributed by atoms with E-state index in [0.29, 0.717) is 11.3 Å². The summed E-state index contributed by atoms with van der Waals surface area (Å²) in [5.41, 5.74) is 1.56. The molecule has 0 N–H and O–H groups in total. The monoisotopic (exact) mass is 556 g/mol. The number of hydrogen-bond donors (Lipinski definition) is 0. The fraction of sp³-hybridized carbons (Fsp3) is 0.129. The van der Waals surface area contributed by atoms with E-state index in [-0.39, 0.29) is 22.7 Å². The lowest BCUT2D eigenvalue weighted by molar-refractivity contribution is -0.126. The molecule has 0 radical (unpaired) electrons. The molecule has 0 bridgehead atoms. The summed E-state index contributed by atoms with van der Waals surface area (Å²) in [6.07, 6.45) is -1.13. The minimum atomic E-state index is -1.13. The van der Waals surface area contributed by atoms with E-state index >= 15 is 0 Å². The van der Waals surface area contributed by atoms with Crippen LogP contribution in [-0.4, -0.2) is 31.0 Å². The summed E-state index contributed by atoms with van der Waals surface area (Å²) in [6.45, 7) is 0. The van der Waals surface area contributed by atoms with Crippen molar-refractivity contribution < 1.29 is 37.5 Å². The maximum atomic E-state index is 13.8. The largest absolute Gasteiger partial charge is 0.493 e. The average Bonchev–Trinajstić information content (AvgIpc) is 3.50. The van der Waals surface area contributed by atoms with Crippen molar-refractivity contribution in [2.75, 3.05) is 17.1 Å². The Morgan fingerprint density at radius 2 is 1.44 bits per heavy atom. The van der Waals surface area contributed by atoms with Crippen molar-refractivity contribution in [3.8, 4) is 11.5 Å². The van der Waals surface area contributed by atoms with Gasteiger partial charge < -0.3 is 9.47 Å². The third-order valence-corrected chi connectivity index (χ3v) is 7.02. The van der Waals surface area contributed by atoms with E-state index in [2.05, 4.69) is 0 Å². The Morgan fingerprint density at radius 3 is 2.10 bits per heavy atom. The van der Waals surface area contributed by atoms with Crippen molar-refractivity contribution in [3.05, 3.63) is 120 Å². The minimum Gasteiger partial charge on any atom is -0.493 e. The van der Waals surface area contributed by atoms with E-state index in [1.165, 1.54) is 54.6 Å². The van der Waals surface area contributed by atoms with Gasteiger partial charge in [0.05, 0.1) is 30.1 Å². The van der Waals surface area contributed by atoms with Gasteiger partial charge in [0.25, 0.3) is 5.91 Å². The molecule has 41 heavy (non-hydrogen) atoms. The van der Waals surface area contributed by atoms with Gasteiger partial charge in [-0.1, -0.05) is 24.3 Å². The molecule has 2 amide bonds. The van der Waals surface area contributed by atoms with Gasteiger partial charge in [-0.2, -0.15) is 0 Å². The van der Waals surface area contributed by atoms with Gasteiger partial charge in [0.2, 0.25) is 5.91 Å². The number of hydrogen-bond acceptors (Lipinski definition) is 7. The van der Waals surface area contributed by atoms with E-state index in [1.807, 2.05) is 6.07 Å². The second kappa shape index (κ2) is 10.5. The molecule has 6 rings (SSSR count). The summed E-state index contributed by atoms with van der Waals surface area (Å²) in [5.74, 6) is -3.39. The first kappa shape index (κ1) is 26.1. The fourth-order valence-corrected chi connectivity index (χ4v) is 5.09. The zero-order valence-corrected chi connectivity index (χ0v) is 21.6. The number of rotatable bonds is 6. The number of fused-ring (bicyclic) bond motifs is 1. The van der Waals surface area contributed by atoms with Crippen LogP contribution < -0.4 is 19.4 Å². The van der Waals surface area contributed by atoms with Gasteiger partial charge >= 0.3 is 5.97 Å². The molecule has 3 atom stereocenters. The molecular weight excluding hydrogens is 534 g/mol. The highest BCUT2D eigenvalue weighted by Crippen LogP contribution is 2.48. The van der Waals surface area contributed by atoms with Crippen LogP contribution in [0, 0.1) is 17.6 Å². The number of benzene rings is 4. The first-order valence-corrected chi connectivity index (χ1v) is 12.7. The molecule has 0 aliphatic carbocycles. The van der Waals surface area contributed by atoms with E-state index in [9.17, 15) is 23.2 Å². The van der Waals surface area contributed by atoms with Crippen LogP contribution in [0.1, 0.15) is 22.0 Å². The van der Waals surface area contributed by atoms with Crippen molar-refractivity contribution in [1.82, 2.24) is 0 Å². The number of imide groups is 1. The van der Waals surface area contributed by atoms with Crippen molar-refractivity contribution in [2.45, 2.75) is 12.1 Å². The molecular formula is C31H22F2N2O6. The molecule has 4 aromatic rings. The van der Waals surface area contributed by atoms with Crippen molar-refractivity contribution in [3.63, 3.8) is 0 Å². The molecule has 206 valence electrons. The molecule has 4 aromatic carbocycles. The number of amides is 2. The Hall–Kier alpha value is -5.09. The summed E-state index contributed by atoms with van der Waals surface area (Å²) >= 11 is 0. The number of halogens is 2. The third kappa shape index (κ3) is 4.68. The topological polar surface area (TPSA) is 85.4 Å². The zero-order chi connectivity index (χ0) is 28.7. The number of carbonyl (C=O) groups is 3. The van der Waals surface area contributed by atoms with Crippen molar-refractivity contribution >= 4 is 29.2 Å². The lowest BCUT2D eigenvalue weighted by Gasteiger charge is -2.29. The van der Waals surface area contributed by atoms with Gasteiger partial charge in [0.1, 0.15) is 17.6 Å². The number of ether oxygens (including phenoxy) is 2. The highest BCUT2D eigenvalue weighted by atomic mass is 19.1. The van der Waals surface area contributed by atoms with Crippen molar-refractivity contribution in [2.24, 2.45) is 5.92 Å². The Labute approximate surface area is 233 Å². The molecule has 2 heterocycles. The average molecular weight is 557 g/mol. The number of carbonyl (C=O) groups excluding carboxylic acids is 3. The van der Waals surface area contributed by atoms with E-state index in [0.717, 1.165) is 17.0 Å².